The predicted molar refractivity (Wildman–Crippen MR) is 125 cm³/mol. The van der Waals surface area contributed by atoms with E-state index in [4.69, 9.17) is 5.73 Å². The molecule has 1 heterocycles. The number of primary amides is 1. The molecule has 3 rings (SSSR count). The number of carbonyl (C=O) groups excluding carboxylic acids is 2. The van der Waals surface area contributed by atoms with Crippen LogP contribution in [0.3, 0.4) is 0 Å². The number of carbonyl (C=O) groups is 2. The van der Waals surface area contributed by atoms with E-state index in [1.807, 2.05) is 37.3 Å². The minimum atomic E-state index is -5.12. The van der Waals surface area contributed by atoms with E-state index >= 15 is 0 Å². The summed E-state index contributed by atoms with van der Waals surface area (Å²) in [5, 5.41) is 0.698. The number of hydrogen-bond donors (Lipinski definition) is 1. The SMILES string of the molecule is C=CCc1c(C(CC=O)P(=O)([O-])[O-])ccc2c1c(CC(N)=O)c(CC)n2Cc1ccccc1.[Na+].[Na+]. The van der Waals surface area contributed by atoms with E-state index in [9.17, 15) is 23.9 Å². The molecule has 7 nitrogen and oxygen atoms in total. The summed E-state index contributed by atoms with van der Waals surface area (Å²) in [4.78, 5) is 47.3. The van der Waals surface area contributed by atoms with Crippen LogP contribution < -0.4 is 74.6 Å². The smallest absolute Gasteiger partial charge is 0.810 e. The number of fused-ring (bicyclic) bond motifs is 1. The zero-order valence-electron chi connectivity index (χ0n) is 20.5. The largest absolute Gasteiger partial charge is 1.00 e. The quantitative estimate of drug-likeness (QED) is 0.124. The molecule has 0 aliphatic heterocycles. The molecule has 0 fully saturated rings. The Morgan fingerprint density at radius 2 is 1.80 bits per heavy atom. The average Bonchev–Trinajstić information content (AvgIpc) is 3.04. The van der Waals surface area contributed by atoms with E-state index < -0.39 is 25.6 Å². The van der Waals surface area contributed by atoms with Crippen LogP contribution in [-0.4, -0.2) is 16.8 Å². The molecule has 0 saturated heterocycles. The predicted octanol–water partition coefficient (Wildman–Crippen LogP) is -3.44. The number of amides is 1. The van der Waals surface area contributed by atoms with Crippen molar-refractivity contribution in [3.8, 4) is 0 Å². The Bertz CT molecular complexity index is 1240. The Morgan fingerprint density at radius 3 is 2.31 bits per heavy atom. The second kappa shape index (κ2) is 14.1. The summed E-state index contributed by atoms with van der Waals surface area (Å²) >= 11 is 0. The standard InChI is InChI=1S/C25H29N2O5P.2Na/c1-3-8-19-18(23(13-14-28)33(30,31)32)11-12-22-25(19)20(15-24(26)29)21(4-2)27(22)16-17-9-6-5-7-10-17;;/h3,5-7,9-12,14,23H,1,4,8,13,15-16H2,2H3,(H2,26,29)(H2,30,31,32);;/q;2*+1/p-2. The van der Waals surface area contributed by atoms with Gasteiger partial charge in [-0.2, -0.15) is 0 Å². The van der Waals surface area contributed by atoms with E-state index in [1.54, 1.807) is 18.2 Å². The van der Waals surface area contributed by atoms with Crippen LogP contribution in [0.2, 0.25) is 0 Å². The first-order valence-electron chi connectivity index (χ1n) is 10.8. The maximum absolute atomic E-state index is 12.1. The van der Waals surface area contributed by atoms with Gasteiger partial charge in [-0.15, -0.1) is 6.58 Å². The third-order valence-corrected chi connectivity index (χ3v) is 7.12. The van der Waals surface area contributed by atoms with Crippen molar-refractivity contribution in [2.45, 2.75) is 44.8 Å². The zero-order valence-corrected chi connectivity index (χ0v) is 25.4. The molecule has 0 bridgehead atoms. The molecule has 3 aromatic rings. The number of aldehydes is 1. The van der Waals surface area contributed by atoms with Gasteiger partial charge in [-0.05, 0) is 41.2 Å². The fourth-order valence-corrected chi connectivity index (χ4v) is 5.50. The van der Waals surface area contributed by atoms with Crippen molar-refractivity contribution in [1.82, 2.24) is 4.57 Å². The van der Waals surface area contributed by atoms with E-state index in [1.165, 1.54) is 0 Å². The molecule has 1 aromatic heterocycles. The average molecular weight is 512 g/mol. The minimum absolute atomic E-state index is 0. The zero-order chi connectivity index (χ0) is 24.2. The first kappa shape index (κ1) is 32.0. The summed E-state index contributed by atoms with van der Waals surface area (Å²) in [6, 6.07) is 13.2. The van der Waals surface area contributed by atoms with Crippen LogP contribution in [0.15, 0.2) is 55.1 Å². The Morgan fingerprint density at radius 1 is 1.14 bits per heavy atom. The van der Waals surface area contributed by atoms with E-state index in [0.29, 0.717) is 35.8 Å². The van der Waals surface area contributed by atoms with Crippen molar-refractivity contribution >= 4 is 30.7 Å². The van der Waals surface area contributed by atoms with Gasteiger partial charge in [0, 0.05) is 35.2 Å². The molecule has 10 heteroatoms. The fraction of sp³-hybridized carbons (Fsp3) is 0.280. The number of allylic oxidation sites excluding steroid dienone is 1. The van der Waals surface area contributed by atoms with Crippen molar-refractivity contribution in [3.05, 3.63) is 83.1 Å². The Labute approximate surface area is 249 Å². The number of benzene rings is 2. The second-order valence-electron chi connectivity index (χ2n) is 7.97. The molecule has 0 aliphatic carbocycles. The van der Waals surface area contributed by atoms with Gasteiger partial charge in [0.1, 0.15) is 6.29 Å². The van der Waals surface area contributed by atoms with Crippen LogP contribution in [0.5, 0.6) is 0 Å². The second-order valence-corrected chi connectivity index (χ2v) is 9.67. The number of hydrogen-bond acceptors (Lipinski definition) is 5. The van der Waals surface area contributed by atoms with Crippen LogP contribution in [0.1, 0.15) is 47.0 Å². The van der Waals surface area contributed by atoms with Crippen molar-refractivity contribution in [1.29, 1.82) is 0 Å². The van der Waals surface area contributed by atoms with Crippen LogP contribution >= 0.6 is 7.60 Å². The summed E-state index contributed by atoms with van der Waals surface area (Å²) in [5.74, 6) is -0.513. The van der Waals surface area contributed by atoms with Crippen molar-refractivity contribution in [2.24, 2.45) is 5.73 Å². The summed E-state index contributed by atoms with van der Waals surface area (Å²) in [5.41, 5.74) is 8.44. The Balaban J connectivity index is 0.00000306. The molecule has 0 spiro atoms. The van der Waals surface area contributed by atoms with Crippen molar-refractivity contribution < 1.29 is 83.1 Å². The number of aromatic nitrogens is 1. The summed E-state index contributed by atoms with van der Waals surface area (Å²) < 4.78 is 14.2. The summed E-state index contributed by atoms with van der Waals surface area (Å²) in [7, 11) is -5.12. The van der Waals surface area contributed by atoms with Crippen molar-refractivity contribution in [3.63, 3.8) is 0 Å². The van der Waals surface area contributed by atoms with Crippen molar-refractivity contribution in [2.75, 3.05) is 0 Å². The van der Waals surface area contributed by atoms with E-state index in [0.717, 1.165) is 16.8 Å². The normalized spacial score (nSPS) is 11.9. The molecule has 35 heavy (non-hydrogen) atoms. The van der Waals surface area contributed by atoms with E-state index in [-0.39, 0.29) is 77.5 Å². The van der Waals surface area contributed by atoms with Crippen LogP contribution in [0.4, 0.5) is 0 Å². The van der Waals surface area contributed by atoms with Crippen LogP contribution in [0, 0.1) is 0 Å². The number of nitrogens with zero attached hydrogens (tertiary/aromatic N) is 1. The molecule has 0 saturated carbocycles. The fourth-order valence-electron chi connectivity index (χ4n) is 4.58. The minimum Gasteiger partial charge on any atom is -0.810 e. The van der Waals surface area contributed by atoms with Gasteiger partial charge in [0.2, 0.25) is 5.91 Å². The number of nitrogens with two attached hydrogens (primary N) is 1. The molecule has 0 radical (unpaired) electrons. The third kappa shape index (κ3) is 7.29. The molecule has 1 unspecified atom stereocenters. The number of rotatable bonds is 11. The molecule has 1 amide bonds. The van der Waals surface area contributed by atoms with Gasteiger partial charge in [-0.3, -0.25) is 4.79 Å². The molecule has 1 atom stereocenters. The summed E-state index contributed by atoms with van der Waals surface area (Å²) in [6.45, 7) is 6.31. The van der Waals surface area contributed by atoms with Gasteiger partial charge in [-0.25, -0.2) is 0 Å². The van der Waals surface area contributed by atoms with Crippen LogP contribution in [0.25, 0.3) is 10.9 Å². The molecule has 2 N–H and O–H groups in total. The summed E-state index contributed by atoms with van der Waals surface area (Å²) in [6.07, 6.45) is 2.48. The van der Waals surface area contributed by atoms with Gasteiger partial charge in [-0.1, -0.05) is 57.0 Å². The van der Waals surface area contributed by atoms with E-state index in [2.05, 4.69) is 11.1 Å². The maximum atomic E-state index is 12.1. The first-order chi connectivity index (χ1) is 15.7. The Kier molecular flexibility index (Phi) is 12.9. The topological polar surface area (TPSA) is 128 Å². The van der Waals surface area contributed by atoms with Gasteiger partial charge in [0.15, 0.2) is 0 Å². The monoisotopic (exact) mass is 512 g/mol. The van der Waals surface area contributed by atoms with Crippen LogP contribution in [-0.2, 0) is 40.0 Å². The maximum Gasteiger partial charge on any atom is 1.00 e. The van der Waals surface area contributed by atoms with Gasteiger partial charge < -0.3 is 29.4 Å². The van der Waals surface area contributed by atoms with Gasteiger partial charge in [0.05, 0.1) is 6.42 Å². The molecule has 2 aromatic carbocycles. The molecular weight excluding hydrogens is 485 g/mol. The van der Waals surface area contributed by atoms with Gasteiger partial charge in [0.25, 0.3) is 0 Å². The molecule has 0 aliphatic rings. The Hall–Kier alpha value is -0.990. The third-order valence-electron chi connectivity index (χ3n) is 5.87. The molecular formula is C25H27N2Na2O5P. The van der Waals surface area contributed by atoms with Gasteiger partial charge >= 0.3 is 59.1 Å². The first-order valence-corrected chi connectivity index (χ1v) is 12.4. The molecule has 174 valence electrons.